The van der Waals surface area contributed by atoms with Crippen molar-refractivity contribution in [3.63, 3.8) is 0 Å². The van der Waals surface area contributed by atoms with Gasteiger partial charge in [0.15, 0.2) is 5.82 Å². The first-order valence-electron chi connectivity index (χ1n) is 13.2. The summed E-state index contributed by atoms with van der Waals surface area (Å²) in [6, 6.07) is 17.9. The first kappa shape index (κ1) is 26.4. The predicted octanol–water partition coefficient (Wildman–Crippen LogP) is 2.90. The van der Waals surface area contributed by atoms with Crippen LogP contribution >= 0.6 is 0 Å². The van der Waals surface area contributed by atoms with E-state index < -0.39 is 19.1 Å². The highest BCUT2D eigenvalue weighted by atomic mass is 19.3. The Morgan fingerprint density at radius 2 is 1.76 bits per heavy atom. The minimum absolute atomic E-state index is 0.0144. The molecular weight excluding hydrogens is 490 g/mol. The highest BCUT2D eigenvalue weighted by Crippen LogP contribution is 2.26. The van der Waals surface area contributed by atoms with Gasteiger partial charge in [0.25, 0.3) is 12.3 Å². The number of alkyl halides is 2. The lowest BCUT2D eigenvalue weighted by molar-refractivity contribution is 0.0625. The zero-order valence-electron chi connectivity index (χ0n) is 21.3. The van der Waals surface area contributed by atoms with Crippen LogP contribution in [0.15, 0.2) is 60.9 Å². The van der Waals surface area contributed by atoms with Crippen LogP contribution < -0.4 is 5.32 Å². The van der Waals surface area contributed by atoms with E-state index in [2.05, 4.69) is 20.3 Å². The smallest absolute Gasteiger partial charge is 0.257 e. The largest absolute Gasteiger partial charge is 0.387 e. The van der Waals surface area contributed by atoms with E-state index in [1.807, 2.05) is 59.5 Å². The van der Waals surface area contributed by atoms with E-state index in [-0.39, 0.29) is 11.9 Å². The highest BCUT2D eigenvalue weighted by molar-refractivity contribution is 5.94. The average Bonchev–Trinajstić information content (AvgIpc) is 3.58. The lowest BCUT2D eigenvalue weighted by Crippen LogP contribution is -2.48. The molecule has 1 amide bonds. The van der Waals surface area contributed by atoms with E-state index in [4.69, 9.17) is 0 Å². The summed E-state index contributed by atoms with van der Waals surface area (Å²) in [6.45, 7) is 2.56. The molecule has 2 aromatic carbocycles. The Kier molecular flexibility index (Phi) is 8.41. The monoisotopic (exact) mass is 524 g/mol. The third-order valence-corrected chi connectivity index (χ3v) is 7.41. The van der Waals surface area contributed by atoms with Crippen molar-refractivity contribution in [1.82, 2.24) is 29.9 Å². The Bertz CT molecular complexity index is 1180. The Morgan fingerprint density at radius 3 is 2.47 bits per heavy atom. The second kappa shape index (κ2) is 12.1. The van der Waals surface area contributed by atoms with Crippen LogP contribution in [0.25, 0.3) is 0 Å². The zero-order chi connectivity index (χ0) is 26.5. The third-order valence-electron chi connectivity index (χ3n) is 7.41. The van der Waals surface area contributed by atoms with E-state index in [9.17, 15) is 18.7 Å². The second-order valence-corrected chi connectivity index (χ2v) is 10.1. The normalized spacial score (nSPS) is 21.2. The number of rotatable bonds is 9. The van der Waals surface area contributed by atoms with E-state index in [1.54, 1.807) is 0 Å². The van der Waals surface area contributed by atoms with Crippen LogP contribution in [0, 0.1) is 0 Å². The summed E-state index contributed by atoms with van der Waals surface area (Å²) in [7, 11) is 0. The fourth-order valence-corrected chi connectivity index (χ4v) is 5.34. The fourth-order valence-electron chi connectivity index (χ4n) is 5.34. The molecule has 202 valence electrons. The standard InChI is InChI=1S/C28H34F2N6O2/c29-25(30)17-36-19-31-26(33-36)18-34-12-14-35(15-13-34)28(38)22-8-6-20(7-9-22)16-23-10-11-24(32-23)27(37)21-4-2-1-3-5-21/h1-9,19,23-25,27,32,37H,10-18H2. The molecule has 2 saturated heterocycles. The first-order chi connectivity index (χ1) is 18.4. The highest BCUT2D eigenvalue weighted by Gasteiger charge is 2.30. The number of aliphatic hydroxyl groups is 1. The van der Waals surface area contributed by atoms with Crippen LogP contribution in [0.1, 0.15) is 46.3 Å². The molecule has 3 unspecified atom stereocenters. The number of aliphatic hydroxyl groups excluding tert-OH is 1. The fraction of sp³-hybridized carbons (Fsp3) is 0.464. The van der Waals surface area contributed by atoms with Crippen LogP contribution in [0.4, 0.5) is 8.78 Å². The van der Waals surface area contributed by atoms with Crippen molar-refractivity contribution in [2.24, 2.45) is 0 Å². The maximum Gasteiger partial charge on any atom is 0.257 e. The Hall–Kier alpha value is -3.21. The van der Waals surface area contributed by atoms with Gasteiger partial charge in [-0.3, -0.25) is 9.69 Å². The van der Waals surface area contributed by atoms with Gasteiger partial charge in [-0.1, -0.05) is 42.5 Å². The molecule has 3 atom stereocenters. The van der Waals surface area contributed by atoms with Crippen molar-refractivity contribution in [2.45, 2.75) is 57.0 Å². The lowest BCUT2D eigenvalue weighted by atomic mass is 10.0. The van der Waals surface area contributed by atoms with Gasteiger partial charge in [0.1, 0.15) is 12.9 Å². The number of nitrogens with zero attached hydrogens (tertiary/aromatic N) is 5. The van der Waals surface area contributed by atoms with E-state index in [0.717, 1.165) is 30.4 Å². The molecule has 2 N–H and O–H groups in total. The van der Waals surface area contributed by atoms with Crippen molar-refractivity contribution in [1.29, 1.82) is 0 Å². The molecule has 2 aliphatic rings. The maximum atomic E-state index is 13.0. The van der Waals surface area contributed by atoms with Gasteiger partial charge in [0.05, 0.1) is 12.6 Å². The topological polar surface area (TPSA) is 86.5 Å². The quantitative estimate of drug-likeness (QED) is 0.448. The summed E-state index contributed by atoms with van der Waals surface area (Å²) in [5.74, 6) is 0.527. The molecular formula is C28H34F2N6O2. The number of benzene rings is 2. The summed E-state index contributed by atoms with van der Waals surface area (Å²) in [6.07, 6.45) is 1.14. The minimum atomic E-state index is -2.46. The molecule has 5 rings (SSSR count). The number of carbonyl (C=O) groups is 1. The van der Waals surface area contributed by atoms with Crippen molar-refractivity contribution < 1.29 is 18.7 Å². The molecule has 38 heavy (non-hydrogen) atoms. The van der Waals surface area contributed by atoms with Gasteiger partial charge in [-0.25, -0.2) is 18.4 Å². The molecule has 10 heteroatoms. The maximum absolute atomic E-state index is 13.0. The molecule has 0 bridgehead atoms. The lowest BCUT2D eigenvalue weighted by Gasteiger charge is -2.34. The number of carbonyl (C=O) groups excluding carboxylic acids is 1. The van der Waals surface area contributed by atoms with Crippen LogP contribution in [-0.2, 0) is 19.5 Å². The number of amides is 1. The van der Waals surface area contributed by atoms with E-state index in [1.165, 1.54) is 11.0 Å². The van der Waals surface area contributed by atoms with Crippen molar-refractivity contribution in [2.75, 3.05) is 26.2 Å². The van der Waals surface area contributed by atoms with Crippen molar-refractivity contribution >= 4 is 5.91 Å². The van der Waals surface area contributed by atoms with Crippen LogP contribution in [0.3, 0.4) is 0 Å². The number of hydrogen-bond donors (Lipinski definition) is 2. The molecule has 0 radical (unpaired) electrons. The SMILES string of the molecule is O=C(c1ccc(CC2CCC(C(O)c3ccccc3)N2)cc1)N1CCN(Cc2ncn(CC(F)F)n2)CC1. The van der Waals surface area contributed by atoms with Gasteiger partial charge in [0.2, 0.25) is 0 Å². The molecule has 0 aliphatic carbocycles. The van der Waals surface area contributed by atoms with E-state index in [0.29, 0.717) is 50.2 Å². The van der Waals surface area contributed by atoms with Crippen molar-refractivity contribution in [3.8, 4) is 0 Å². The van der Waals surface area contributed by atoms with Gasteiger partial charge in [0, 0.05) is 43.8 Å². The summed E-state index contributed by atoms with van der Waals surface area (Å²) >= 11 is 0. The summed E-state index contributed by atoms with van der Waals surface area (Å²) in [5.41, 5.74) is 2.77. The number of hydrogen-bond acceptors (Lipinski definition) is 6. The minimum Gasteiger partial charge on any atom is -0.387 e. The summed E-state index contributed by atoms with van der Waals surface area (Å²) in [4.78, 5) is 21.1. The number of nitrogens with one attached hydrogen (secondary N) is 1. The van der Waals surface area contributed by atoms with Gasteiger partial charge < -0.3 is 15.3 Å². The molecule has 8 nitrogen and oxygen atoms in total. The Balaban J connectivity index is 1.07. The Morgan fingerprint density at radius 1 is 1.03 bits per heavy atom. The Labute approximate surface area is 221 Å². The predicted molar refractivity (Wildman–Crippen MR) is 139 cm³/mol. The molecule has 3 aromatic rings. The number of aromatic nitrogens is 3. The average molecular weight is 525 g/mol. The van der Waals surface area contributed by atoms with Crippen LogP contribution in [0.2, 0.25) is 0 Å². The first-order valence-corrected chi connectivity index (χ1v) is 13.2. The molecule has 3 heterocycles. The molecule has 2 fully saturated rings. The molecule has 2 aliphatic heterocycles. The van der Waals surface area contributed by atoms with Gasteiger partial charge in [-0.05, 0) is 42.5 Å². The molecule has 1 aromatic heterocycles. The van der Waals surface area contributed by atoms with Crippen LogP contribution in [0.5, 0.6) is 0 Å². The van der Waals surface area contributed by atoms with Crippen molar-refractivity contribution in [3.05, 3.63) is 83.4 Å². The molecule has 0 spiro atoms. The van der Waals surface area contributed by atoms with Gasteiger partial charge in [-0.2, -0.15) is 5.10 Å². The van der Waals surface area contributed by atoms with Gasteiger partial charge >= 0.3 is 0 Å². The van der Waals surface area contributed by atoms with Gasteiger partial charge in [-0.15, -0.1) is 0 Å². The molecule has 0 saturated carbocycles. The summed E-state index contributed by atoms with van der Waals surface area (Å²) in [5, 5.41) is 18.4. The third kappa shape index (κ3) is 6.61. The number of piperazine rings is 1. The zero-order valence-corrected chi connectivity index (χ0v) is 21.3. The van der Waals surface area contributed by atoms with E-state index >= 15 is 0 Å². The van der Waals surface area contributed by atoms with Crippen LogP contribution in [-0.4, -0.2) is 80.3 Å². The summed E-state index contributed by atoms with van der Waals surface area (Å²) < 4.78 is 26.2. The second-order valence-electron chi connectivity index (χ2n) is 10.1. The number of halogens is 2.